The van der Waals surface area contributed by atoms with E-state index in [0.29, 0.717) is 0 Å². The molecule has 1 aromatic rings. The van der Waals surface area contributed by atoms with Crippen LogP contribution in [0.4, 0.5) is 0 Å². The summed E-state index contributed by atoms with van der Waals surface area (Å²) in [5.74, 6) is -0.113. The Labute approximate surface area is 117 Å². The van der Waals surface area contributed by atoms with Crippen molar-refractivity contribution < 1.29 is 23.8 Å². The van der Waals surface area contributed by atoms with E-state index < -0.39 is 22.2 Å². The fourth-order valence-electron chi connectivity index (χ4n) is 2.20. The minimum absolute atomic E-state index is 0.0434. The van der Waals surface area contributed by atoms with E-state index in [2.05, 4.69) is 10.5 Å². The van der Waals surface area contributed by atoms with Crippen LogP contribution in [0.1, 0.15) is 12.0 Å². The second kappa shape index (κ2) is 6.61. The average molecular weight is 302 g/mol. The molecule has 1 aliphatic heterocycles. The van der Waals surface area contributed by atoms with Crippen LogP contribution in [0.5, 0.6) is 0 Å². The van der Waals surface area contributed by atoms with Gasteiger partial charge in [-0.15, -0.1) is 4.99 Å². The van der Waals surface area contributed by atoms with Crippen molar-refractivity contribution in [3.05, 3.63) is 35.9 Å². The monoisotopic (exact) mass is 302 g/mol. The van der Waals surface area contributed by atoms with Gasteiger partial charge in [0.05, 0.1) is 17.9 Å². The number of benzene rings is 1. The van der Waals surface area contributed by atoms with Crippen molar-refractivity contribution in [1.29, 1.82) is 0 Å². The number of hydroxylamine groups is 1. The summed E-state index contributed by atoms with van der Waals surface area (Å²) < 4.78 is 25.6. The molecule has 1 saturated heterocycles. The first kappa shape index (κ1) is 15.4. The van der Waals surface area contributed by atoms with Crippen molar-refractivity contribution in [2.24, 2.45) is 0 Å². The number of hydrogen-bond acceptors (Lipinski definition) is 6. The summed E-state index contributed by atoms with van der Waals surface area (Å²) in [6.07, 6.45) is -0.793. The molecule has 1 aromatic carbocycles. The van der Waals surface area contributed by atoms with Crippen LogP contribution < -0.4 is 5.48 Å². The quantitative estimate of drug-likeness (QED) is 0.532. The van der Waals surface area contributed by atoms with Crippen molar-refractivity contribution in [1.82, 2.24) is 9.79 Å². The van der Waals surface area contributed by atoms with Gasteiger partial charge in [0, 0.05) is 13.1 Å². The predicted octanol–water partition coefficient (Wildman–Crippen LogP) is -0.0542. The Morgan fingerprint density at radius 3 is 2.70 bits per heavy atom. The Morgan fingerprint density at radius 2 is 2.05 bits per heavy atom. The molecule has 0 amide bonds. The molecule has 0 bridgehead atoms. The van der Waals surface area contributed by atoms with Gasteiger partial charge in [0.15, 0.2) is 0 Å². The summed E-state index contributed by atoms with van der Waals surface area (Å²) in [5, 5.41) is 18.4. The Balaban J connectivity index is 2.14. The summed E-state index contributed by atoms with van der Waals surface area (Å²) in [6, 6.07) is 8.56. The molecular weight excluding hydrogens is 284 g/mol. The first-order chi connectivity index (χ1) is 9.53. The highest BCUT2D eigenvalue weighted by molar-refractivity contribution is 7.89. The highest BCUT2D eigenvalue weighted by Gasteiger charge is 2.34. The highest BCUT2D eigenvalue weighted by Crippen LogP contribution is 2.18. The maximum Gasteiger partial charge on any atom is 0.214 e. The van der Waals surface area contributed by atoms with Crippen LogP contribution in [0.3, 0.4) is 0 Å². The lowest BCUT2D eigenvalue weighted by atomic mass is 10.1. The van der Waals surface area contributed by atoms with E-state index in [0.717, 1.165) is 5.56 Å². The third-order valence-electron chi connectivity index (χ3n) is 3.34. The van der Waals surface area contributed by atoms with E-state index in [1.165, 1.54) is 4.31 Å². The van der Waals surface area contributed by atoms with Crippen molar-refractivity contribution in [3.8, 4) is 0 Å². The summed E-state index contributed by atoms with van der Waals surface area (Å²) in [5.41, 5.74) is 3.07. The Bertz CT molecular complexity index is 522. The van der Waals surface area contributed by atoms with Crippen molar-refractivity contribution in [2.75, 3.05) is 12.3 Å². The SMILES string of the molecule is O=S1(=O)CCC(NOO)C(O)CN1Cc1ccccc1. The van der Waals surface area contributed by atoms with Gasteiger partial charge in [-0.05, 0) is 12.0 Å². The van der Waals surface area contributed by atoms with Gasteiger partial charge in [0.2, 0.25) is 10.0 Å². The molecule has 7 nitrogen and oxygen atoms in total. The zero-order chi connectivity index (χ0) is 14.6. The van der Waals surface area contributed by atoms with Crippen LogP contribution in [0.2, 0.25) is 0 Å². The largest absolute Gasteiger partial charge is 0.390 e. The van der Waals surface area contributed by atoms with E-state index in [-0.39, 0.29) is 25.3 Å². The molecule has 1 heterocycles. The Hall–Kier alpha value is -1.03. The van der Waals surface area contributed by atoms with E-state index in [4.69, 9.17) is 5.26 Å². The molecule has 3 N–H and O–H groups in total. The molecular formula is C12H18N2O5S. The third-order valence-corrected chi connectivity index (χ3v) is 5.16. The van der Waals surface area contributed by atoms with Gasteiger partial charge in [0.1, 0.15) is 0 Å². The Morgan fingerprint density at radius 1 is 1.35 bits per heavy atom. The number of nitrogens with one attached hydrogen (secondary N) is 1. The first-order valence-electron chi connectivity index (χ1n) is 6.28. The molecule has 2 rings (SSSR count). The number of hydrogen-bond donors (Lipinski definition) is 3. The number of aliphatic hydroxyl groups is 1. The summed E-state index contributed by atoms with van der Waals surface area (Å²) in [7, 11) is -3.45. The topological polar surface area (TPSA) is 99.1 Å². The normalized spacial score (nSPS) is 27.1. The van der Waals surface area contributed by atoms with E-state index >= 15 is 0 Å². The molecule has 2 unspecified atom stereocenters. The molecule has 0 spiro atoms. The molecule has 1 aliphatic rings. The lowest BCUT2D eigenvalue weighted by Crippen LogP contribution is -2.43. The van der Waals surface area contributed by atoms with Gasteiger partial charge in [0.25, 0.3) is 0 Å². The van der Waals surface area contributed by atoms with E-state index in [9.17, 15) is 13.5 Å². The number of aliphatic hydroxyl groups excluding tert-OH is 1. The van der Waals surface area contributed by atoms with Crippen LogP contribution in [0, 0.1) is 0 Å². The van der Waals surface area contributed by atoms with Crippen LogP contribution in [-0.2, 0) is 21.6 Å². The summed E-state index contributed by atoms with van der Waals surface area (Å²) >= 11 is 0. The maximum atomic E-state index is 12.2. The molecule has 8 heteroatoms. The van der Waals surface area contributed by atoms with Crippen molar-refractivity contribution in [2.45, 2.75) is 25.1 Å². The van der Waals surface area contributed by atoms with Crippen molar-refractivity contribution >= 4 is 10.0 Å². The fraction of sp³-hybridized carbons (Fsp3) is 0.500. The van der Waals surface area contributed by atoms with Crippen molar-refractivity contribution in [3.63, 3.8) is 0 Å². The number of sulfonamides is 1. The molecule has 0 radical (unpaired) electrons. The molecule has 0 aromatic heterocycles. The Kier molecular flexibility index (Phi) is 5.08. The fourth-order valence-corrected chi connectivity index (χ4v) is 3.74. The van der Waals surface area contributed by atoms with Gasteiger partial charge >= 0.3 is 0 Å². The zero-order valence-electron chi connectivity index (χ0n) is 10.8. The number of nitrogens with zero attached hydrogens (tertiary/aromatic N) is 1. The van der Waals surface area contributed by atoms with Gasteiger partial charge < -0.3 is 5.11 Å². The van der Waals surface area contributed by atoms with Crippen LogP contribution in [0.15, 0.2) is 30.3 Å². The average Bonchev–Trinajstić information content (AvgIpc) is 2.52. The minimum atomic E-state index is -3.45. The zero-order valence-corrected chi connectivity index (χ0v) is 11.7. The lowest BCUT2D eigenvalue weighted by Gasteiger charge is -2.23. The van der Waals surface area contributed by atoms with E-state index in [1.807, 2.05) is 30.3 Å². The van der Waals surface area contributed by atoms with Crippen LogP contribution >= 0.6 is 0 Å². The van der Waals surface area contributed by atoms with Gasteiger partial charge in [-0.3, -0.25) is 0 Å². The van der Waals surface area contributed by atoms with Gasteiger partial charge in [-0.1, -0.05) is 30.3 Å². The second-order valence-corrected chi connectivity index (χ2v) is 6.85. The van der Waals surface area contributed by atoms with Crippen LogP contribution in [-0.4, -0.2) is 47.5 Å². The molecule has 2 atom stereocenters. The smallest absolute Gasteiger partial charge is 0.214 e. The molecule has 1 fully saturated rings. The molecule has 20 heavy (non-hydrogen) atoms. The maximum absolute atomic E-state index is 12.2. The predicted molar refractivity (Wildman–Crippen MR) is 71.9 cm³/mol. The third kappa shape index (κ3) is 3.75. The number of rotatable bonds is 4. The van der Waals surface area contributed by atoms with Gasteiger partial charge in [-0.25, -0.2) is 13.7 Å². The minimum Gasteiger partial charge on any atom is -0.390 e. The molecule has 0 aliphatic carbocycles. The van der Waals surface area contributed by atoms with Gasteiger partial charge in [-0.2, -0.15) is 9.79 Å². The standard InChI is InChI=1S/C12H18N2O5S/c15-12-9-14(8-10-4-2-1-3-5-10)20(17,18)7-6-11(12)13-19-16/h1-5,11-13,15-16H,6-9H2. The second-order valence-electron chi connectivity index (χ2n) is 4.77. The number of β-amino-alcohol motifs (C(OH)–C–C–N with tert-alkyl or cyclic N) is 1. The van der Waals surface area contributed by atoms with E-state index in [1.54, 1.807) is 0 Å². The highest BCUT2D eigenvalue weighted by atomic mass is 32.2. The summed E-state index contributed by atoms with van der Waals surface area (Å²) in [6.45, 7) is 0.172. The van der Waals surface area contributed by atoms with Crippen LogP contribution in [0.25, 0.3) is 0 Å². The summed E-state index contributed by atoms with van der Waals surface area (Å²) in [4.78, 5) is 3.81. The molecule has 0 saturated carbocycles. The lowest BCUT2D eigenvalue weighted by molar-refractivity contribution is -0.303. The molecule has 112 valence electrons. The first-order valence-corrected chi connectivity index (χ1v) is 7.89.